The number of esters is 2. The highest BCUT2D eigenvalue weighted by Gasteiger charge is 2.23. The van der Waals surface area contributed by atoms with E-state index in [-0.39, 0.29) is 41.3 Å². The minimum Gasteiger partial charge on any atom is -0.460 e. The number of nitrogens with one attached hydrogen (secondary N) is 2. The molecule has 33 heavy (non-hydrogen) atoms. The summed E-state index contributed by atoms with van der Waals surface area (Å²) in [5.41, 5.74) is 0.530. The van der Waals surface area contributed by atoms with Gasteiger partial charge in [0.05, 0.1) is 18.1 Å². The predicted molar refractivity (Wildman–Crippen MR) is 119 cm³/mol. The van der Waals surface area contributed by atoms with Crippen LogP contribution >= 0.6 is 11.8 Å². The van der Waals surface area contributed by atoms with E-state index in [1.807, 2.05) is 0 Å². The number of aromatic nitrogens is 1. The number of anilines is 2. The number of hydrogen-bond donors (Lipinski definition) is 2. The lowest BCUT2D eigenvalue weighted by atomic mass is 10.2. The number of nitrogens with zero attached hydrogens (tertiary/aromatic N) is 1. The summed E-state index contributed by atoms with van der Waals surface area (Å²) in [7, 11) is 0. The van der Waals surface area contributed by atoms with E-state index in [4.69, 9.17) is 18.4 Å². The minimum absolute atomic E-state index is 0.0168. The molecular weight excluding hydrogens is 454 g/mol. The van der Waals surface area contributed by atoms with Crippen LogP contribution in [0.4, 0.5) is 11.5 Å². The number of hydrogen-bond acceptors (Lipinski definition) is 10. The van der Waals surface area contributed by atoms with Crippen LogP contribution in [-0.2, 0) is 23.9 Å². The van der Waals surface area contributed by atoms with Crippen LogP contribution in [-0.4, -0.2) is 53.6 Å². The van der Waals surface area contributed by atoms with Crippen molar-refractivity contribution in [2.24, 2.45) is 0 Å². The minimum atomic E-state index is -0.726. The van der Waals surface area contributed by atoms with Crippen molar-refractivity contribution in [3.63, 3.8) is 0 Å². The second kappa shape index (κ2) is 11.2. The van der Waals surface area contributed by atoms with Crippen LogP contribution in [0.1, 0.15) is 23.2 Å². The Kier molecular flexibility index (Phi) is 8.08. The normalized spacial score (nSPS) is 10.6. The van der Waals surface area contributed by atoms with E-state index < -0.39 is 24.5 Å². The summed E-state index contributed by atoms with van der Waals surface area (Å²) in [4.78, 5) is 48.2. The van der Waals surface area contributed by atoms with Crippen molar-refractivity contribution in [2.75, 3.05) is 35.4 Å². The molecule has 0 radical (unpaired) electrons. The number of aryl methyl sites for hydroxylation is 1. The number of carbonyl (C=O) groups excluding carboxylic acids is 4. The van der Waals surface area contributed by atoms with Gasteiger partial charge in [-0.15, -0.1) is 11.8 Å². The highest BCUT2D eigenvalue weighted by atomic mass is 32.2. The maximum Gasteiger partial charge on any atom is 0.376 e. The van der Waals surface area contributed by atoms with Crippen molar-refractivity contribution in [1.82, 2.24) is 5.16 Å². The third kappa shape index (κ3) is 6.59. The van der Waals surface area contributed by atoms with Gasteiger partial charge in [0.1, 0.15) is 17.0 Å². The molecule has 0 spiro atoms. The summed E-state index contributed by atoms with van der Waals surface area (Å²) in [6, 6.07) is 8.32. The topological polar surface area (TPSA) is 150 Å². The zero-order valence-corrected chi connectivity index (χ0v) is 18.7. The van der Waals surface area contributed by atoms with Crippen molar-refractivity contribution in [2.45, 2.75) is 13.8 Å². The van der Waals surface area contributed by atoms with E-state index in [9.17, 15) is 19.2 Å². The van der Waals surface area contributed by atoms with Gasteiger partial charge < -0.3 is 29.0 Å². The number of thioether (sulfide) groups is 1. The summed E-state index contributed by atoms with van der Waals surface area (Å²) in [6.07, 6.45) is 0. The first-order chi connectivity index (χ1) is 15.9. The Morgan fingerprint density at radius 2 is 1.85 bits per heavy atom. The van der Waals surface area contributed by atoms with Gasteiger partial charge in [0.2, 0.25) is 11.7 Å². The van der Waals surface area contributed by atoms with E-state index in [0.29, 0.717) is 16.7 Å². The highest BCUT2D eigenvalue weighted by Crippen LogP contribution is 2.31. The van der Waals surface area contributed by atoms with Gasteiger partial charge in [-0.25, -0.2) is 4.79 Å². The van der Waals surface area contributed by atoms with Gasteiger partial charge in [-0.3, -0.25) is 14.4 Å². The summed E-state index contributed by atoms with van der Waals surface area (Å²) in [6.45, 7) is 2.89. The SMILES string of the molecule is CCOC(=O)c1oc2ccccc2c1NC(=O)COC(=O)CSCC(=O)Nc1cc(C)on1. The van der Waals surface area contributed by atoms with Gasteiger partial charge in [-0.1, -0.05) is 17.3 Å². The van der Waals surface area contributed by atoms with Gasteiger partial charge in [-0.05, 0) is 26.0 Å². The molecule has 0 saturated carbocycles. The monoisotopic (exact) mass is 475 g/mol. The number of carbonyl (C=O) groups is 4. The summed E-state index contributed by atoms with van der Waals surface area (Å²) in [5.74, 6) is -1.90. The van der Waals surface area contributed by atoms with Crippen LogP contribution in [0.15, 0.2) is 39.3 Å². The fourth-order valence-corrected chi connectivity index (χ4v) is 3.31. The fourth-order valence-electron chi connectivity index (χ4n) is 2.70. The lowest BCUT2D eigenvalue weighted by Gasteiger charge is -2.07. The smallest absolute Gasteiger partial charge is 0.376 e. The average Bonchev–Trinajstić information content (AvgIpc) is 3.35. The Labute approximate surface area is 192 Å². The Bertz CT molecular complexity index is 1170. The molecule has 3 aromatic rings. The van der Waals surface area contributed by atoms with E-state index in [0.717, 1.165) is 11.8 Å². The van der Waals surface area contributed by atoms with Gasteiger partial charge >= 0.3 is 11.9 Å². The molecular formula is C21H21N3O8S. The lowest BCUT2D eigenvalue weighted by molar-refractivity contribution is -0.144. The number of amides is 2. The van der Waals surface area contributed by atoms with Crippen molar-refractivity contribution in [3.8, 4) is 0 Å². The van der Waals surface area contributed by atoms with E-state index in [1.54, 1.807) is 44.2 Å². The van der Waals surface area contributed by atoms with Crippen molar-refractivity contribution < 1.29 is 37.6 Å². The van der Waals surface area contributed by atoms with Gasteiger partial charge in [-0.2, -0.15) is 0 Å². The van der Waals surface area contributed by atoms with E-state index >= 15 is 0 Å². The van der Waals surface area contributed by atoms with E-state index in [2.05, 4.69) is 15.8 Å². The lowest BCUT2D eigenvalue weighted by Crippen LogP contribution is -2.23. The molecule has 2 N–H and O–H groups in total. The first-order valence-corrected chi connectivity index (χ1v) is 11.0. The molecule has 1 aromatic carbocycles. The molecule has 174 valence electrons. The Morgan fingerprint density at radius 3 is 2.58 bits per heavy atom. The molecule has 0 saturated heterocycles. The van der Waals surface area contributed by atoms with Crippen molar-refractivity contribution in [3.05, 3.63) is 41.9 Å². The number of furan rings is 1. The van der Waals surface area contributed by atoms with Crippen LogP contribution in [0.3, 0.4) is 0 Å². The Morgan fingerprint density at radius 1 is 1.06 bits per heavy atom. The molecule has 0 aliphatic carbocycles. The van der Waals surface area contributed by atoms with Gasteiger partial charge in [0.15, 0.2) is 12.4 Å². The van der Waals surface area contributed by atoms with Crippen LogP contribution < -0.4 is 10.6 Å². The summed E-state index contributed by atoms with van der Waals surface area (Å²) >= 11 is 1.01. The molecule has 2 amide bonds. The maximum atomic E-state index is 12.3. The van der Waals surface area contributed by atoms with Crippen LogP contribution in [0.5, 0.6) is 0 Å². The molecule has 2 heterocycles. The van der Waals surface area contributed by atoms with Crippen LogP contribution in [0.2, 0.25) is 0 Å². The number of para-hydroxylation sites is 1. The molecule has 0 atom stereocenters. The molecule has 0 aliphatic rings. The number of ether oxygens (including phenoxy) is 2. The third-order valence-electron chi connectivity index (χ3n) is 4.03. The van der Waals surface area contributed by atoms with Gasteiger partial charge in [0, 0.05) is 11.5 Å². The van der Waals surface area contributed by atoms with Gasteiger partial charge in [0.25, 0.3) is 5.91 Å². The summed E-state index contributed by atoms with van der Waals surface area (Å²) < 4.78 is 20.3. The van der Waals surface area contributed by atoms with Crippen molar-refractivity contribution >= 4 is 58.0 Å². The first kappa shape index (κ1) is 23.9. The predicted octanol–water partition coefficient (Wildman–Crippen LogP) is 2.76. The fraction of sp³-hybridized carbons (Fsp3) is 0.286. The second-order valence-electron chi connectivity index (χ2n) is 6.60. The standard InChI is InChI=1S/C21H21N3O8S/c1-3-29-21(28)20-19(13-6-4-5-7-14(13)31-20)23-16(25)9-30-18(27)11-33-10-17(26)22-15-8-12(2)32-24-15/h4-8H,3,9-11H2,1-2H3,(H,23,25)(H,22,24,26). The molecule has 2 aromatic heterocycles. The second-order valence-corrected chi connectivity index (χ2v) is 7.58. The molecule has 11 nitrogen and oxygen atoms in total. The van der Waals surface area contributed by atoms with Crippen LogP contribution in [0.25, 0.3) is 11.0 Å². The number of rotatable bonds is 10. The molecule has 0 bridgehead atoms. The Hall–Kier alpha value is -3.80. The zero-order chi connectivity index (χ0) is 23.8. The molecule has 0 unspecified atom stereocenters. The quantitative estimate of drug-likeness (QED) is 0.419. The molecule has 0 fully saturated rings. The third-order valence-corrected chi connectivity index (χ3v) is 4.94. The molecule has 12 heteroatoms. The van der Waals surface area contributed by atoms with Crippen LogP contribution in [0, 0.1) is 6.92 Å². The zero-order valence-electron chi connectivity index (χ0n) is 17.8. The first-order valence-electron chi connectivity index (χ1n) is 9.82. The number of fused-ring (bicyclic) bond motifs is 1. The number of benzene rings is 1. The molecule has 0 aliphatic heterocycles. The summed E-state index contributed by atoms with van der Waals surface area (Å²) in [5, 5.41) is 9.20. The van der Waals surface area contributed by atoms with E-state index in [1.165, 1.54) is 0 Å². The van der Waals surface area contributed by atoms with Crippen molar-refractivity contribution in [1.29, 1.82) is 0 Å². The highest BCUT2D eigenvalue weighted by molar-refractivity contribution is 8.00. The average molecular weight is 475 g/mol. The largest absolute Gasteiger partial charge is 0.460 e. The maximum absolute atomic E-state index is 12.3. The molecule has 3 rings (SSSR count). The Balaban J connectivity index is 1.47.